The summed E-state index contributed by atoms with van der Waals surface area (Å²) in [7, 11) is 0. The van der Waals surface area contributed by atoms with Crippen LogP contribution in [0.1, 0.15) is 41.5 Å². The summed E-state index contributed by atoms with van der Waals surface area (Å²) in [6, 6.07) is 14.8. The number of halogens is 2. The number of imidazole rings is 1. The Kier molecular flexibility index (Phi) is 6.20. The van der Waals surface area contributed by atoms with Gasteiger partial charge in [0, 0.05) is 13.0 Å². The Hall–Kier alpha value is -2.96. The molecule has 0 saturated heterocycles. The van der Waals surface area contributed by atoms with Gasteiger partial charge in [-0.2, -0.15) is 0 Å². The molecule has 4 aromatic rings. The highest BCUT2D eigenvalue weighted by Crippen LogP contribution is 2.29. The Morgan fingerprint density at radius 3 is 2.45 bits per heavy atom. The Morgan fingerprint density at radius 1 is 1.03 bits per heavy atom. The number of aromatic nitrogens is 4. The first-order valence-electron chi connectivity index (χ1n) is 9.98. The summed E-state index contributed by atoms with van der Waals surface area (Å²) in [5.41, 5.74) is 4.06. The highest BCUT2D eigenvalue weighted by molar-refractivity contribution is 6.37. The number of fused-ring (bicyclic) bond motifs is 1. The van der Waals surface area contributed by atoms with Crippen molar-refractivity contribution in [2.45, 2.75) is 32.7 Å². The van der Waals surface area contributed by atoms with Gasteiger partial charge in [-0.15, -0.1) is 10.2 Å². The van der Waals surface area contributed by atoms with Crippen molar-refractivity contribution < 1.29 is 9.90 Å². The summed E-state index contributed by atoms with van der Waals surface area (Å²) in [4.78, 5) is 16.2. The van der Waals surface area contributed by atoms with Crippen molar-refractivity contribution in [2.75, 3.05) is 0 Å². The molecule has 0 spiro atoms. The van der Waals surface area contributed by atoms with E-state index in [9.17, 15) is 9.90 Å². The molecule has 0 aliphatic heterocycles. The Morgan fingerprint density at radius 2 is 1.74 bits per heavy atom. The number of benzene rings is 2. The highest BCUT2D eigenvalue weighted by Gasteiger charge is 2.18. The quantitative estimate of drug-likeness (QED) is 0.376. The van der Waals surface area contributed by atoms with E-state index in [1.54, 1.807) is 12.1 Å². The fourth-order valence-electron chi connectivity index (χ4n) is 3.62. The molecule has 158 valence electrons. The first-order chi connectivity index (χ1) is 15.0. The molecule has 0 atom stereocenters. The molecule has 4 rings (SSSR count). The van der Waals surface area contributed by atoms with E-state index < -0.39 is 5.97 Å². The van der Waals surface area contributed by atoms with E-state index in [0.717, 1.165) is 36.2 Å². The largest absolute Gasteiger partial charge is 0.478 e. The van der Waals surface area contributed by atoms with Crippen molar-refractivity contribution in [3.05, 3.63) is 75.8 Å². The molecule has 2 aromatic carbocycles. The van der Waals surface area contributed by atoms with Gasteiger partial charge in [0.2, 0.25) is 0 Å². The number of aryl methyl sites for hydroxylation is 1. The van der Waals surface area contributed by atoms with Crippen molar-refractivity contribution in [3.8, 4) is 11.1 Å². The molecule has 8 heteroatoms. The van der Waals surface area contributed by atoms with Gasteiger partial charge in [0.25, 0.3) is 0 Å². The van der Waals surface area contributed by atoms with Gasteiger partial charge in [-0.05, 0) is 29.2 Å². The molecule has 0 aliphatic carbocycles. The van der Waals surface area contributed by atoms with Gasteiger partial charge in [-0.3, -0.25) is 0 Å². The van der Waals surface area contributed by atoms with Crippen LogP contribution in [0.25, 0.3) is 22.2 Å². The maximum atomic E-state index is 11.5. The third-order valence-electron chi connectivity index (χ3n) is 5.18. The number of carboxylic acid groups (broad SMARTS) is 1. The minimum Gasteiger partial charge on any atom is -0.478 e. The lowest BCUT2D eigenvalue weighted by Gasteiger charge is -2.11. The monoisotopic (exact) mass is 454 g/mol. The summed E-state index contributed by atoms with van der Waals surface area (Å²) in [5.74, 6) is -0.0616. The van der Waals surface area contributed by atoms with Crippen LogP contribution in [-0.2, 0) is 13.0 Å². The van der Waals surface area contributed by atoms with Crippen molar-refractivity contribution in [1.82, 2.24) is 19.7 Å². The lowest BCUT2D eigenvalue weighted by Crippen LogP contribution is -2.06. The molecule has 6 nitrogen and oxygen atoms in total. The fraction of sp³-hybridized carbons (Fsp3) is 0.217. The molecule has 2 heterocycles. The van der Waals surface area contributed by atoms with E-state index in [1.165, 1.54) is 0 Å². The molecular weight excluding hydrogens is 435 g/mol. The van der Waals surface area contributed by atoms with Crippen LogP contribution in [0.3, 0.4) is 0 Å². The first kappa shape index (κ1) is 21.3. The van der Waals surface area contributed by atoms with Crippen LogP contribution < -0.4 is 0 Å². The van der Waals surface area contributed by atoms with Crippen LogP contribution in [0.4, 0.5) is 0 Å². The van der Waals surface area contributed by atoms with E-state index in [4.69, 9.17) is 23.2 Å². The van der Waals surface area contributed by atoms with Gasteiger partial charge in [0.15, 0.2) is 10.3 Å². The molecule has 0 amide bonds. The second-order valence-corrected chi connectivity index (χ2v) is 7.96. The number of carboxylic acids is 1. The standard InChI is InChI=1S/C23H20Cl2N4O2/c1-2-3-8-18-26-19-20(22(25)28-27-21(19)24)29(18)13-14-9-11-15(12-10-14)16-6-4-5-7-17(16)23(30)31/h4-7,9-12H,2-3,8,13H2,1H3,(H,30,31). The molecule has 0 unspecified atom stereocenters. The lowest BCUT2D eigenvalue weighted by atomic mass is 9.99. The summed E-state index contributed by atoms with van der Waals surface area (Å²) in [6.45, 7) is 2.67. The molecule has 0 aliphatic rings. The van der Waals surface area contributed by atoms with Gasteiger partial charge in [-0.25, -0.2) is 9.78 Å². The fourth-order valence-corrected chi connectivity index (χ4v) is 4.02. The Bertz CT molecular complexity index is 1250. The third-order valence-corrected chi connectivity index (χ3v) is 5.69. The topological polar surface area (TPSA) is 80.9 Å². The number of carbonyl (C=O) groups is 1. The number of nitrogens with zero attached hydrogens (tertiary/aromatic N) is 4. The van der Waals surface area contributed by atoms with E-state index in [0.29, 0.717) is 23.1 Å². The number of hydrogen-bond donors (Lipinski definition) is 1. The molecule has 1 N–H and O–H groups in total. The van der Waals surface area contributed by atoms with Crippen LogP contribution in [-0.4, -0.2) is 30.8 Å². The van der Waals surface area contributed by atoms with Gasteiger partial charge in [0.05, 0.1) is 5.56 Å². The molecular formula is C23H20Cl2N4O2. The molecule has 2 aromatic heterocycles. The van der Waals surface area contributed by atoms with E-state index >= 15 is 0 Å². The van der Waals surface area contributed by atoms with Crippen LogP contribution in [0.15, 0.2) is 48.5 Å². The zero-order valence-corrected chi connectivity index (χ0v) is 18.4. The van der Waals surface area contributed by atoms with Crippen LogP contribution in [0.2, 0.25) is 10.3 Å². The normalized spacial score (nSPS) is 11.2. The molecule has 0 saturated carbocycles. The molecule has 0 radical (unpaired) electrons. The third kappa shape index (κ3) is 4.27. The van der Waals surface area contributed by atoms with E-state index in [1.807, 2.05) is 41.0 Å². The lowest BCUT2D eigenvalue weighted by molar-refractivity contribution is 0.0697. The average molecular weight is 455 g/mol. The van der Waals surface area contributed by atoms with Crippen LogP contribution >= 0.6 is 23.2 Å². The summed E-state index contributed by atoms with van der Waals surface area (Å²) >= 11 is 12.6. The smallest absolute Gasteiger partial charge is 0.336 e. The zero-order valence-electron chi connectivity index (χ0n) is 16.8. The van der Waals surface area contributed by atoms with Gasteiger partial charge in [0.1, 0.15) is 16.9 Å². The zero-order chi connectivity index (χ0) is 22.0. The summed E-state index contributed by atoms with van der Waals surface area (Å²) < 4.78 is 2.04. The minimum atomic E-state index is -0.947. The summed E-state index contributed by atoms with van der Waals surface area (Å²) in [6.07, 6.45) is 2.82. The maximum absolute atomic E-state index is 11.5. The SMILES string of the molecule is CCCCc1nc2c(Cl)nnc(Cl)c2n1Cc1ccc(-c2ccccc2C(=O)O)cc1. The van der Waals surface area contributed by atoms with Crippen molar-refractivity contribution in [3.63, 3.8) is 0 Å². The molecule has 31 heavy (non-hydrogen) atoms. The number of unbranched alkanes of at least 4 members (excludes halogenated alkanes) is 1. The second-order valence-electron chi connectivity index (χ2n) is 7.24. The summed E-state index contributed by atoms with van der Waals surface area (Å²) in [5, 5.41) is 17.8. The van der Waals surface area contributed by atoms with Gasteiger partial charge in [-0.1, -0.05) is 79.0 Å². The van der Waals surface area contributed by atoms with Crippen LogP contribution in [0.5, 0.6) is 0 Å². The van der Waals surface area contributed by atoms with Crippen molar-refractivity contribution in [2.24, 2.45) is 0 Å². The van der Waals surface area contributed by atoms with E-state index in [2.05, 4.69) is 22.1 Å². The molecule has 0 fully saturated rings. The number of aromatic carboxylic acids is 1. The Balaban J connectivity index is 1.72. The van der Waals surface area contributed by atoms with Gasteiger partial charge < -0.3 is 9.67 Å². The average Bonchev–Trinajstić information content (AvgIpc) is 3.14. The number of rotatable bonds is 7. The number of hydrogen-bond acceptors (Lipinski definition) is 4. The predicted molar refractivity (Wildman–Crippen MR) is 122 cm³/mol. The first-order valence-corrected chi connectivity index (χ1v) is 10.7. The molecule has 0 bridgehead atoms. The Labute approximate surface area is 189 Å². The van der Waals surface area contributed by atoms with Crippen LogP contribution in [0, 0.1) is 0 Å². The maximum Gasteiger partial charge on any atom is 0.336 e. The van der Waals surface area contributed by atoms with Crippen molar-refractivity contribution in [1.29, 1.82) is 0 Å². The predicted octanol–water partition coefficient (Wildman–Crippen LogP) is 5.89. The second kappa shape index (κ2) is 9.04. The van der Waals surface area contributed by atoms with Gasteiger partial charge >= 0.3 is 5.97 Å². The minimum absolute atomic E-state index is 0.233. The van der Waals surface area contributed by atoms with Crippen molar-refractivity contribution >= 4 is 40.2 Å². The highest BCUT2D eigenvalue weighted by atomic mass is 35.5. The van der Waals surface area contributed by atoms with E-state index in [-0.39, 0.29) is 15.9 Å².